The lowest BCUT2D eigenvalue weighted by molar-refractivity contribution is 0.0677. The van der Waals surface area contributed by atoms with Crippen molar-refractivity contribution >= 4 is 5.91 Å². The topological polar surface area (TPSA) is 65.8 Å². The molecule has 4 rings (SSSR count). The standard InChI is InChI=1S/C18H21N3O4/c1-23-15-9-13(10-16-17(15)25-8-7-24-16)18(22)20-5-2-3-14(11-20)21-6-4-19-12-21/h4,6,9-10,12,14H,2-3,5,7-8,11H2,1H3/t14-/m1/s1. The number of amides is 1. The number of benzene rings is 1. The molecule has 0 bridgehead atoms. The predicted octanol–water partition coefficient (Wildman–Crippen LogP) is 2.14. The highest BCUT2D eigenvalue weighted by atomic mass is 16.6. The molecular formula is C18H21N3O4. The third-order valence-corrected chi connectivity index (χ3v) is 4.71. The van der Waals surface area contributed by atoms with Gasteiger partial charge >= 0.3 is 0 Å². The van der Waals surface area contributed by atoms with E-state index in [9.17, 15) is 4.79 Å². The molecule has 1 amide bonds. The van der Waals surface area contributed by atoms with Crippen molar-refractivity contribution in [2.24, 2.45) is 0 Å². The monoisotopic (exact) mass is 343 g/mol. The van der Waals surface area contributed by atoms with Crippen LogP contribution in [0.5, 0.6) is 17.2 Å². The van der Waals surface area contributed by atoms with Crippen LogP contribution < -0.4 is 14.2 Å². The summed E-state index contributed by atoms with van der Waals surface area (Å²) in [6.45, 7) is 2.38. The molecule has 0 saturated carbocycles. The summed E-state index contributed by atoms with van der Waals surface area (Å²) in [5.41, 5.74) is 0.562. The van der Waals surface area contributed by atoms with Gasteiger partial charge in [-0.2, -0.15) is 0 Å². The first-order chi connectivity index (χ1) is 12.3. The van der Waals surface area contributed by atoms with Gasteiger partial charge in [-0.05, 0) is 25.0 Å². The molecule has 7 heteroatoms. The number of ether oxygens (including phenoxy) is 3. The molecular weight excluding hydrogens is 322 g/mol. The van der Waals surface area contributed by atoms with E-state index in [-0.39, 0.29) is 11.9 Å². The maximum atomic E-state index is 13.0. The molecule has 1 fully saturated rings. The highest BCUT2D eigenvalue weighted by Gasteiger charge is 2.27. The van der Waals surface area contributed by atoms with Crippen LogP contribution in [0.1, 0.15) is 29.2 Å². The zero-order chi connectivity index (χ0) is 17.2. The second-order valence-corrected chi connectivity index (χ2v) is 6.26. The van der Waals surface area contributed by atoms with Crippen LogP contribution in [0, 0.1) is 0 Å². The fourth-order valence-corrected chi connectivity index (χ4v) is 3.45. The number of carbonyl (C=O) groups excluding carboxylic acids is 1. The third-order valence-electron chi connectivity index (χ3n) is 4.71. The Morgan fingerprint density at radius 2 is 2.20 bits per heavy atom. The lowest BCUT2D eigenvalue weighted by Crippen LogP contribution is -2.40. The number of hydrogen-bond acceptors (Lipinski definition) is 5. The number of aromatic nitrogens is 2. The van der Waals surface area contributed by atoms with Crippen molar-refractivity contribution in [1.29, 1.82) is 0 Å². The summed E-state index contributed by atoms with van der Waals surface area (Å²) in [6, 6.07) is 3.75. The van der Waals surface area contributed by atoms with Crippen molar-refractivity contribution in [3.8, 4) is 17.2 Å². The number of methoxy groups -OCH3 is 1. The van der Waals surface area contributed by atoms with E-state index in [1.54, 1.807) is 25.4 Å². The van der Waals surface area contributed by atoms with Crippen LogP contribution in [-0.2, 0) is 0 Å². The summed E-state index contributed by atoms with van der Waals surface area (Å²) in [6.07, 6.45) is 7.55. The average Bonchev–Trinajstić information content (AvgIpc) is 3.21. The first-order valence-corrected chi connectivity index (χ1v) is 8.50. The molecule has 0 spiro atoms. The molecule has 3 heterocycles. The molecule has 132 valence electrons. The van der Waals surface area contributed by atoms with Crippen LogP contribution >= 0.6 is 0 Å². The Bertz CT molecular complexity index is 743. The molecule has 0 N–H and O–H groups in total. The minimum atomic E-state index is -0.0138. The van der Waals surface area contributed by atoms with E-state index < -0.39 is 0 Å². The lowest BCUT2D eigenvalue weighted by Gasteiger charge is -2.33. The normalized spacial score (nSPS) is 19.6. The molecule has 1 saturated heterocycles. The van der Waals surface area contributed by atoms with Gasteiger partial charge in [-0.15, -0.1) is 0 Å². The maximum Gasteiger partial charge on any atom is 0.254 e. The molecule has 7 nitrogen and oxygen atoms in total. The Morgan fingerprint density at radius 3 is 3.00 bits per heavy atom. The number of fused-ring (bicyclic) bond motifs is 1. The van der Waals surface area contributed by atoms with Crippen LogP contribution in [0.25, 0.3) is 0 Å². The fourth-order valence-electron chi connectivity index (χ4n) is 3.45. The summed E-state index contributed by atoms with van der Waals surface area (Å²) in [5, 5.41) is 0. The molecule has 2 aliphatic heterocycles. The number of likely N-dealkylation sites (tertiary alicyclic amines) is 1. The zero-order valence-corrected chi connectivity index (χ0v) is 14.2. The van der Waals surface area contributed by atoms with Gasteiger partial charge in [0.15, 0.2) is 11.5 Å². The second-order valence-electron chi connectivity index (χ2n) is 6.26. The van der Waals surface area contributed by atoms with Crippen LogP contribution in [0.3, 0.4) is 0 Å². The molecule has 2 aromatic rings. The van der Waals surface area contributed by atoms with Gasteiger partial charge in [0.25, 0.3) is 5.91 Å². The van der Waals surface area contributed by atoms with Gasteiger partial charge in [0.1, 0.15) is 13.2 Å². The van der Waals surface area contributed by atoms with E-state index in [0.29, 0.717) is 42.6 Å². The summed E-state index contributed by atoms with van der Waals surface area (Å²) in [5.74, 6) is 1.65. The highest BCUT2D eigenvalue weighted by Crippen LogP contribution is 2.40. The summed E-state index contributed by atoms with van der Waals surface area (Å²) in [7, 11) is 1.57. The average molecular weight is 343 g/mol. The Hall–Kier alpha value is -2.70. The van der Waals surface area contributed by atoms with Gasteiger partial charge in [0.05, 0.1) is 19.5 Å². The number of rotatable bonds is 3. The maximum absolute atomic E-state index is 13.0. The van der Waals surface area contributed by atoms with Gasteiger partial charge in [0.2, 0.25) is 5.75 Å². The number of carbonyl (C=O) groups is 1. The molecule has 0 radical (unpaired) electrons. The van der Waals surface area contributed by atoms with Gasteiger partial charge in [-0.1, -0.05) is 0 Å². The van der Waals surface area contributed by atoms with Crippen molar-refractivity contribution < 1.29 is 19.0 Å². The Morgan fingerprint density at radius 1 is 1.32 bits per heavy atom. The summed E-state index contributed by atoms with van der Waals surface area (Å²) >= 11 is 0. The molecule has 2 aliphatic rings. The van der Waals surface area contributed by atoms with Crippen molar-refractivity contribution in [3.05, 3.63) is 36.4 Å². The minimum absolute atomic E-state index is 0.0138. The highest BCUT2D eigenvalue weighted by molar-refractivity contribution is 5.95. The van der Waals surface area contributed by atoms with Crippen molar-refractivity contribution in [2.75, 3.05) is 33.4 Å². The molecule has 0 aliphatic carbocycles. The summed E-state index contributed by atoms with van der Waals surface area (Å²) < 4.78 is 18.7. The summed E-state index contributed by atoms with van der Waals surface area (Å²) in [4.78, 5) is 19.0. The van der Waals surface area contributed by atoms with Gasteiger partial charge in [0, 0.05) is 31.0 Å². The van der Waals surface area contributed by atoms with Crippen molar-refractivity contribution in [1.82, 2.24) is 14.5 Å². The third kappa shape index (κ3) is 3.01. The number of hydrogen-bond donors (Lipinski definition) is 0. The Kier molecular flexibility index (Phi) is 4.21. The molecule has 1 aromatic heterocycles. The van der Waals surface area contributed by atoms with E-state index in [2.05, 4.69) is 9.55 Å². The van der Waals surface area contributed by atoms with Crippen LogP contribution in [0.2, 0.25) is 0 Å². The second kappa shape index (κ2) is 6.66. The SMILES string of the molecule is COc1cc(C(=O)N2CCC[C@@H](n3ccnc3)C2)cc2c1OCCO2. The van der Waals surface area contributed by atoms with E-state index in [1.807, 2.05) is 17.4 Å². The van der Waals surface area contributed by atoms with Crippen LogP contribution in [0.15, 0.2) is 30.9 Å². The number of piperidine rings is 1. The number of nitrogens with zero attached hydrogens (tertiary/aromatic N) is 3. The van der Waals surface area contributed by atoms with Crippen LogP contribution in [-0.4, -0.2) is 53.8 Å². The Labute approximate surface area is 146 Å². The molecule has 1 aromatic carbocycles. The lowest BCUT2D eigenvalue weighted by atomic mass is 10.0. The van der Waals surface area contributed by atoms with Gasteiger partial charge in [-0.25, -0.2) is 4.98 Å². The van der Waals surface area contributed by atoms with E-state index in [0.717, 1.165) is 19.4 Å². The molecule has 1 atom stereocenters. The van der Waals surface area contributed by atoms with E-state index >= 15 is 0 Å². The fraction of sp³-hybridized carbons (Fsp3) is 0.444. The quantitative estimate of drug-likeness (QED) is 0.854. The zero-order valence-electron chi connectivity index (χ0n) is 14.2. The van der Waals surface area contributed by atoms with Crippen molar-refractivity contribution in [3.63, 3.8) is 0 Å². The first-order valence-electron chi connectivity index (χ1n) is 8.50. The smallest absolute Gasteiger partial charge is 0.254 e. The number of imidazole rings is 1. The molecule has 25 heavy (non-hydrogen) atoms. The minimum Gasteiger partial charge on any atom is -0.493 e. The predicted molar refractivity (Wildman–Crippen MR) is 90.4 cm³/mol. The van der Waals surface area contributed by atoms with Crippen molar-refractivity contribution in [2.45, 2.75) is 18.9 Å². The van der Waals surface area contributed by atoms with E-state index in [1.165, 1.54) is 0 Å². The van der Waals surface area contributed by atoms with Gasteiger partial charge < -0.3 is 23.7 Å². The largest absolute Gasteiger partial charge is 0.493 e. The molecule has 0 unspecified atom stereocenters. The van der Waals surface area contributed by atoms with Gasteiger partial charge in [-0.3, -0.25) is 4.79 Å². The first kappa shape index (κ1) is 15.8. The van der Waals surface area contributed by atoms with E-state index in [4.69, 9.17) is 14.2 Å². The Balaban J connectivity index is 1.58. The van der Waals surface area contributed by atoms with Crippen LogP contribution in [0.4, 0.5) is 0 Å².